The first-order chi connectivity index (χ1) is 15.9. The number of unbranched alkanes of at least 4 members (excludes halogenated alkanes) is 6. The number of fused-ring (bicyclic) bond motifs is 1. The molecule has 1 saturated heterocycles. The number of epoxide rings is 1. The first kappa shape index (κ1) is 28.7. The van der Waals surface area contributed by atoms with E-state index in [2.05, 4.69) is 11.7 Å². The Hall–Kier alpha value is -2.33. The first-order valence-corrected chi connectivity index (χ1v) is 11.4. The van der Waals surface area contributed by atoms with Gasteiger partial charge in [0, 0.05) is 6.42 Å². The van der Waals surface area contributed by atoms with Gasteiger partial charge in [-0.2, -0.15) is 0 Å². The van der Waals surface area contributed by atoms with Crippen LogP contribution in [0.3, 0.4) is 0 Å². The van der Waals surface area contributed by atoms with Crippen molar-refractivity contribution in [2.24, 2.45) is 0 Å². The van der Waals surface area contributed by atoms with Crippen LogP contribution in [0.15, 0.2) is 24.3 Å². The average Bonchev–Trinajstić information content (AvgIpc) is 3.62. The van der Waals surface area contributed by atoms with Crippen LogP contribution in [0, 0.1) is 0 Å². The molecule has 0 radical (unpaired) electrons. The highest BCUT2D eigenvalue weighted by molar-refractivity contribution is 6.14. The Kier molecular flexibility index (Phi) is 14.9. The highest BCUT2D eigenvalue weighted by Crippen LogP contribution is 2.18. The topological polar surface area (TPSA) is 143 Å². The number of hydrogen-bond donors (Lipinski definition) is 3. The number of benzene rings is 1. The summed E-state index contributed by atoms with van der Waals surface area (Å²) in [5.74, 6) is -1.17. The van der Waals surface area contributed by atoms with Crippen molar-refractivity contribution in [3.05, 3.63) is 35.4 Å². The van der Waals surface area contributed by atoms with E-state index in [0.29, 0.717) is 24.2 Å². The molecule has 9 nitrogen and oxygen atoms in total. The van der Waals surface area contributed by atoms with Crippen molar-refractivity contribution < 1.29 is 43.9 Å². The number of carbonyl (C=O) groups excluding carboxylic acids is 3. The lowest BCUT2D eigenvalue weighted by Gasteiger charge is -2.02. The lowest BCUT2D eigenvalue weighted by Crippen LogP contribution is -2.15. The predicted octanol–water partition coefficient (Wildman–Crippen LogP) is 2.40. The Balaban J connectivity index is 0.000000276. The normalized spacial score (nSPS) is 15.6. The van der Waals surface area contributed by atoms with E-state index in [1.807, 2.05) is 0 Å². The zero-order valence-corrected chi connectivity index (χ0v) is 19.2. The molecule has 9 heteroatoms. The van der Waals surface area contributed by atoms with E-state index in [1.165, 1.54) is 32.1 Å². The molecule has 1 aromatic rings. The van der Waals surface area contributed by atoms with Crippen molar-refractivity contribution in [2.45, 2.75) is 70.5 Å². The fourth-order valence-electron chi connectivity index (χ4n) is 2.74. The van der Waals surface area contributed by atoms with Crippen LogP contribution >= 0.6 is 0 Å². The summed E-state index contributed by atoms with van der Waals surface area (Å²) in [5, 5.41) is 24.0. The maximum Gasteiger partial charge on any atom is 0.346 e. The van der Waals surface area contributed by atoms with Gasteiger partial charge in [0.25, 0.3) is 0 Å². The molecule has 0 saturated carbocycles. The molecule has 0 amide bonds. The fraction of sp³-hybridized carbons (Fsp3) is 0.625. The van der Waals surface area contributed by atoms with Crippen molar-refractivity contribution in [3.63, 3.8) is 0 Å². The third-order valence-corrected chi connectivity index (χ3v) is 4.79. The maximum atomic E-state index is 11.2. The van der Waals surface area contributed by atoms with Gasteiger partial charge in [-0.1, -0.05) is 57.6 Å². The maximum absolute atomic E-state index is 11.2. The second kappa shape index (κ2) is 17.2. The molecule has 1 unspecified atom stereocenters. The SMILES string of the molecule is CCCCCCCCCC(=O)OCC1CO1.O=C1OC(=O)c2ccccc21.OCC(O)CO. The van der Waals surface area contributed by atoms with Crippen LogP contribution in [0.2, 0.25) is 0 Å². The number of cyclic esters (lactones) is 2. The summed E-state index contributed by atoms with van der Waals surface area (Å²) in [7, 11) is 0. The summed E-state index contributed by atoms with van der Waals surface area (Å²) in [6.07, 6.45) is 8.44. The van der Waals surface area contributed by atoms with Gasteiger partial charge >= 0.3 is 17.9 Å². The fourth-order valence-corrected chi connectivity index (χ4v) is 2.74. The van der Waals surface area contributed by atoms with Gasteiger partial charge in [0.15, 0.2) is 0 Å². The van der Waals surface area contributed by atoms with Crippen LogP contribution in [-0.2, 0) is 19.0 Å². The van der Waals surface area contributed by atoms with Gasteiger partial charge in [-0.25, -0.2) is 9.59 Å². The Morgan fingerprint density at radius 1 is 1.00 bits per heavy atom. The first-order valence-electron chi connectivity index (χ1n) is 11.4. The Morgan fingerprint density at radius 3 is 1.97 bits per heavy atom. The van der Waals surface area contributed by atoms with E-state index >= 15 is 0 Å². The molecular formula is C24H36O9. The standard InChI is InChI=1S/C13H24O3.C8H4O3.C3H8O3/c1-2-3-4-5-6-7-8-9-13(14)16-11-12-10-15-12;9-7-5-3-1-2-4-6(5)8(10)11-7;4-1-3(6)2-5/h12H,2-11H2,1H3;1-4H;3-6H,1-2H2. The van der Waals surface area contributed by atoms with Gasteiger partial charge in [0.2, 0.25) is 0 Å². The van der Waals surface area contributed by atoms with Gasteiger partial charge in [-0.3, -0.25) is 4.79 Å². The number of carbonyl (C=O) groups is 3. The zero-order valence-electron chi connectivity index (χ0n) is 19.2. The largest absolute Gasteiger partial charge is 0.463 e. The Bertz CT molecular complexity index is 679. The highest BCUT2D eigenvalue weighted by Gasteiger charge is 2.28. The summed E-state index contributed by atoms with van der Waals surface area (Å²) in [4.78, 5) is 32.9. The molecule has 2 aliphatic heterocycles. The lowest BCUT2D eigenvalue weighted by molar-refractivity contribution is -0.144. The number of rotatable bonds is 12. The van der Waals surface area contributed by atoms with Crippen LogP contribution in [0.1, 0.15) is 79.0 Å². The molecule has 2 aliphatic rings. The third kappa shape index (κ3) is 13.1. The summed E-state index contributed by atoms with van der Waals surface area (Å²) >= 11 is 0. The summed E-state index contributed by atoms with van der Waals surface area (Å²) in [6.45, 7) is 2.70. The molecule has 3 rings (SSSR count). The molecular weight excluding hydrogens is 432 g/mol. The molecule has 0 spiro atoms. The molecule has 1 fully saturated rings. The molecule has 0 aromatic heterocycles. The minimum atomic E-state index is -0.954. The molecule has 0 bridgehead atoms. The van der Waals surface area contributed by atoms with Crippen LogP contribution in [-0.4, -0.2) is 71.9 Å². The van der Waals surface area contributed by atoms with Gasteiger partial charge in [-0.05, 0) is 18.6 Å². The van der Waals surface area contributed by atoms with Crippen molar-refractivity contribution in [3.8, 4) is 0 Å². The summed E-state index contributed by atoms with van der Waals surface area (Å²) in [5.41, 5.74) is 0.718. The number of aliphatic hydroxyl groups excluding tert-OH is 3. The predicted molar refractivity (Wildman–Crippen MR) is 120 cm³/mol. The highest BCUT2D eigenvalue weighted by atomic mass is 16.6. The number of aliphatic hydroxyl groups is 3. The summed E-state index contributed by atoms with van der Waals surface area (Å²) < 4.78 is 14.4. The Labute approximate surface area is 194 Å². The monoisotopic (exact) mass is 468 g/mol. The molecule has 33 heavy (non-hydrogen) atoms. The van der Waals surface area contributed by atoms with E-state index in [1.54, 1.807) is 24.3 Å². The van der Waals surface area contributed by atoms with Gasteiger partial charge in [0.05, 0.1) is 30.9 Å². The van der Waals surface area contributed by atoms with E-state index < -0.39 is 18.0 Å². The van der Waals surface area contributed by atoms with Crippen molar-refractivity contribution >= 4 is 17.9 Å². The lowest BCUT2D eigenvalue weighted by atomic mass is 10.1. The molecule has 0 aliphatic carbocycles. The molecule has 3 N–H and O–H groups in total. The molecule has 1 aromatic carbocycles. The van der Waals surface area contributed by atoms with Crippen LogP contribution in [0.5, 0.6) is 0 Å². The summed E-state index contributed by atoms with van der Waals surface area (Å²) in [6, 6.07) is 6.53. The minimum absolute atomic E-state index is 0.0657. The molecule has 2 heterocycles. The average molecular weight is 469 g/mol. The van der Waals surface area contributed by atoms with Gasteiger partial charge in [0.1, 0.15) is 18.8 Å². The molecule has 1 atom stereocenters. The number of hydrogen-bond acceptors (Lipinski definition) is 9. The number of esters is 3. The van der Waals surface area contributed by atoms with E-state index in [-0.39, 0.29) is 25.3 Å². The third-order valence-electron chi connectivity index (χ3n) is 4.79. The van der Waals surface area contributed by atoms with Gasteiger partial charge < -0.3 is 29.5 Å². The van der Waals surface area contributed by atoms with E-state index in [9.17, 15) is 14.4 Å². The van der Waals surface area contributed by atoms with Crippen LogP contribution in [0.25, 0.3) is 0 Å². The van der Waals surface area contributed by atoms with E-state index in [4.69, 9.17) is 24.8 Å². The molecule has 186 valence electrons. The zero-order chi connectivity index (χ0) is 24.5. The second-order valence-electron chi connectivity index (χ2n) is 7.75. The quantitative estimate of drug-likeness (QED) is 0.182. The van der Waals surface area contributed by atoms with Crippen LogP contribution in [0.4, 0.5) is 0 Å². The minimum Gasteiger partial charge on any atom is -0.463 e. The van der Waals surface area contributed by atoms with Gasteiger partial charge in [-0.15, -0.1) is 0 Å². The smallest absolute Gasteiger partial charge is 0.346 e. The van der Waals surface area contributed by atoms with Crippen molar-refractivity contribution in [1.29, 1.82) is 0 Å². The van der Waals surface area contributed by atoms with E-state index in [0.717, 1.165) is 19.4 Å². The second-order valence-corrected chi connectivity index (χ2v) is 7.75. The Morgan fingerprint density at radius 2 is 1.52 bits per heavy atom. The van der Waals surface area contributed by atoms with Crippen LogP contribution < -0.4 is 0 Å². The van der Waals surface area contributed by atoms with Crippen molar-refractivity contribution in [2.75, 3.05) is 26.4 Å². The number of ether oxygens (including phenoxy) is 3. The van der Waals surface area contributed by atoms with Crippen molar-refractivity contribution in [1.82, 2.24) is 0 Å².